The van der Waals surface area contributed by atoms with Crippen LogP contribution in [0.25, 0.3) is 0 Å². The summed E-state index contributed by atoms with van der Waals surface area (Å²) in [6.45, 7) is 5.75. The summed E-state index contributed by atoms with van der Waals surface area (Å²) in [7, 11) is 0. The fraction of sp³-hybridized carbons (Fsp3) is 0.647. The predicted molar refractivity (Wildman–Crippen MR) is 107 cm³/mol. The maximum absolute atomic E-state index is 12.9. The van der Waals surface area contributed by atoms with Gasteiger partial charge in [-0.2, -0.15) is 0 Å². The van der Waals surface area contributed by atoms with Gasteiger partial charge in [0.05, 0.1) is 17.6 Å². The number of Topliss-reactive ketones (excluding diaryl/α,β-unsaturated/α-hetero) is 1. The number of alkyl carbamates (subject to hydrolysis) is 1. The molecule has 2 heterocycles. The zero-order valence-corrected chi connectivity index (χ0v) is 18.4. The lowest BCUT2D eigenvalue weighted by Gasteiger charge is -2.32. The number of rotatable bonds is 7. The van der Waals surface area contributed by atoms with E-state index >= 15 is 0 Å². The van der Waals surface area contributed by atoms with E-state index in [2.05, 4.69) is 31.7 Å². The van der Waals surface area contributed by atoms with Gasteiger partial charge in [0.25, 0.3) is 0 Å². The first-order chi connectivity index (χ1) is 13.0. The summed E-state index contributed by atoms with van der Waals surface area (Å²) < 4.78 is 5.93. The molecule has 9 nitrogen and oxygen atoms in total. The average Bonchev–Trinajstić information content (AvgIpc) is 2.97. The summed E-state index contributed by atoms with van der Waals surface area (Å²) in [4.78, 5) is 40.5. The molecule has 0 radical (unpaired) electrons. The molecule has 0 aliphatic carbocycles. The van der Waals surface area contributed by atoms with E-state index in [1.807, 2.05) is 0 Å². The number of ether oxygens (including phenoxy) is 1. The van der Waals surface area contributed by atoms with E-state index < -0.39 is 29.7 Å². The number of halogens is 1. The number of amides is 1. The van der Waals surface area contributed by atoms with Gasteiger partial charge in [-0.05, 0) is 49.5 Å². The van der Waals surface area contributed by atoms with Crippen molar-refractivity contribution in [1.82, 2.24) is 20.7 Å². The summed E-state index contributed by atoms with van der Waals surface area (Å²) in [5.74, 6) is -1.20. The molecule has 0 unspecified atom stereocenters. The molecule has 1 saturated heterocycles. The van der Waals surface area contributed by atoms with E-state index in [1.54, 1.807) is 31.2 Å². The molecule has 0 bridgehead atoms. The lowest BCUT2D eigenvalue weighted by molar-refractivity contribution is -0.143. The quantitative estimate of drug-likeness (QED) is 0.545. The average molecular weight is 477 g/mol. The molecule has 0 saturated carbocycles. The Bertz CT molecular complexity index is 721. The van der Waals surface area contributed by atoms with Crippen molar-refractivity contribution in [2.45, 2.75) is 57.7 Å². The molecule has 156 valence electrons. The number of aliphatic carboxylic acids is 1. The molecule has 1 aromatic heterocycles. The second-order valence-corrected chi connectivity index (χ2v) is 9.27. The van der Waals surface area contributed by atoms with Crippen molar-refractivity contribution >= 4 is 45.1 Å². The SMILES string of the molecule is CC(C)(C)OC(=O)N[C@@H](Cc1nc(Br)cs1)C(=O)CN1CCC[C@@H](C(=O)O)N1. The number of nitrogens with one attached hydrogen (secondary N) is 2. The molecule has 2 rings (SSSR count). The summed E-state index contributed by atoms with van der Waals surface area (Å²) in [5, 5.41) is 15.9. The maximum Gasteiger partial charge on any atom is 0.408 e. The van der Waals surface area contributed by atoms with Gasteiger partial charge in [-0.15, -0.1) is 11.3 Å². The van der Waals surface area contributed by atoms with Crippen LogP contribution in [0.3, 0.4) is 0 Å². The first-order valence-corrected chi connectivity index (χ1v) is 10.6. The third-order valence-electron chi connectivity index (χ3n) is 3.89. The Kier molecular flexibility index (Phi) is 7.93. The number of carbonyl (C=O) groups excluding carboxylic acids is 2. The van der Waals surface area contributed by atoms with Crippen LogP contribution in [-0.2, 0) is 20.7 Å². The van der Waals surface area contributed by atoms with E-state index in [-0.39, 0.29) is 18.7 Å². The number of aromatic nitrogens is 1. The number of carbonyl (C=O) groups is 3. The van der Waals surface area contributed by atoms with Crippen LogP contribution in [-0.4, -0.2) is 63.7 Å². The Morgan fingerprint density at radius 2 is 2.21 bits per heavy atom. The normalized spacial score (nSPS) is 19.1. The molecule has 11 heteroatoms. The van der Waals surface area contributed by atoms with Crippen LogP contribution in [0.15, 0.2) is 9.98 Å². The molecule has 1 aliphatic rings. The smallest absolute Gasteiger partial charge is 0.408 e. The highest BCUT2D eigenvalue weighted by atomic mass is 79.9. The van der Waals surface area contributed by atoms with Crippen molar-refractivity contribution in [3.63, 3.8) is 0 Å². The van der Waals surface area contributed by atoms with Crippen molar-refractivity contribution in [1.29, 1.82) is 0 Å². The molecule has 1 amide bonds. The Labute approximate surface area is 175 Å². The van der Waals surface area contributed by atoms with E-state index in [0.29, 0.717) is 29.0 Å². The number of thiazole rings is 1. The number of carboxylic acid groups (broad SMARTS) is 1. The van der Waals surface area contributed by atoms with E-state index in [0.717, 1.165) is 0 Å². The molecule has 2 atom stereocenters. The van der Waals surface area contributed by atoms with Crippen molar-refractivity contribution in [2.75, 3.05) is 13.1 Å². The number of hydrazine groups is 1. The Morgan fingerprint density at radius 3 is 2.79 bits per heavy atom. The van der Waals surface area contributed by atoms with Crippen LogP contribution in [0.4, 0.5) is 4.79 Å². The van der Waals surface area contributed by atoms with Gasteiger partial charge < -0.3 is 15.2 Å². The van der Waals surface area contributed by atoms with Crippen LogP contribution >= 0.6 is 27.3 Å². The number of hydrogen-bond donors (Lipinski definition) is 3. The minimum absolute atomic E-state index is 0.0310. The zero-order chi connectivity index (χ0) is 20.9. The summed E-state index contributed by atoms with van der Waals surface area (Å²) in [6, 6.07) is -1.55. The van der Waals surface area contributed by atoms with Crippen molar-refractivity contribution in [3.8, 4) is 0 Å². The minimum atomic E-state index is -0.951. The van der Waals surface area contributed by atoms with Crippen LogP contribution in [0.5, 0.6) is 0 Å². The molecule has 28 heavy (non-hydrogen) atoms. The van der Waals surface area contributed by atoms with Gasteiger partial charge in [0.15, 0.2) is 5.78 Å². The predicted octanol–water partition coefficient (Wildman–Crippen LogP) is 1.96. The van der Waals surface area contributed by atoms with Crippen LogP contribution in [0.1, 0.15) is 38.6 Å². The van der Waals surface area contributed by atoms with Gasteiger partial charge >= 0.3 is 12.1 Å². The lowest BCUT2D eigenvalue weighted by atomic mass is 10.1. The van der Waals surface area contributed by atoms with E-state index in [9.17, 15) is 14.4 Å². The van der Waals surface area contributed by atoms with Gasteiger partial charge in [-0.1, -0.05) is 0 Å². The van der Waals surface area contributed by atoms with Crippen LogP contribution in [0.2, 0.25) is 0 Å². The summed E-state index contributed by atoms with van der Waals surface area (Å²) in [5.41, 5.74) is 2.16. The maximum atomic E-state index is 12.9. The topological polar surface area (TPSA) is 121 Å². The fourth-order valence-corrected chi connectivity index (χ4v) is 4.00. The fourth-order valence-electron chi connectivity index (χ4n) is 2.69. The minimum Gasteiger partial charge on any atom is -0.480 e. The van der Waals surface area contributed by atoms with Crippen LogP contribution < -0.4 is 10.7 Å². The van der Waals surface area contributed by atoms with E-state index in [1.165, 1.54) is 11.3 Å². The molecular formula is C17H25BrN4O5S. The summed E-state index contributed by atoms with van der Waals surface area (Å²) in [6.07, 6.45) is 0.717. The molecular weight excluding hydrogens is 452 g/mol. The number of carboxylic acids is 1. The van der Waals surface area contributed by atoms with Crippen LogP contribution in [0, 0.1) is 0 Å². The number of nitrogens with zero attached hydrogens (tertiary/aromatic N) is 2. The Hall–Kier alpha value is -1.56. The zero-order valence-electron chi connectivity index (χ0n) is 16.0. The number of ketones is 1. The third-order valence-corrected chi connectivity index (χ3v) is 5.47. The summed E-state index contributed by atoms with van der Waals surface area (Å²) >= 11 is 4.65. The van der Waals surface area contributed by atoms with Crippen molar-refractivity contribution < 1.29 is 24.2 Å². The second-order valence-electron chi connectivity index (χ2n) is 7.52. The van der Waals surface area contributed by atoms with Crippen molar-refractivity contribution in [2.24, 2.45) is 0 Å². The highest BCUT2D eigenvalue weighted by Gasteiger charge is 2.30. The number of hydrogen-bond acceptors (Lipinski definition) is 8. The van der Waals surface area contributed by atoms with Gasteiger partial charge in [0.2, 0.25) is 0 Å². The Morgan fingerprint density at radius 1 is 1.50 bits per heavy atom. The standard InChI is InChI=1S/C17H25BrN4O5S/c1-17(2,3)27-16(26)19-11(7-14-20-13(18)9-28-14)12(23)8-22-6-4-5-10(21-22)15(24)25/h9-11,21H,4-8H2,1-3H3,(H,19,26)(H,24,25)/t10-,11-/m0/s1. The first kappa shape index (κ1) is 22.7. The van der Waals surface area contributed by atoms with Gasteiger partial charge in [-0.25, -0.2) is 20.2 Å². The molecule has 1 fully saturated rings. The third kappa shape index (κ3) is 7.46. The second kappa shape index (κ2) is 9.77. The highest BCUT2D eigenvalue weighted by Crippen LogP contribution is 2.17. The first-order valence-electron chi connectivity index (χ1n) is 8.89. The molecule has 3 N–H and O–H groups in total. The monoisotopic (exact) mass is 476 g/mol. The highest BCUT2D eigenvalue weighted by molar-refractivity contribution is 9.10. The van der Waals surface area contributed by atoms with Crippen molar-refractivity contribution in [3.05, 3.63) is 15.0 Å². The largest absolute Gasteiger partial charge is 0.480 e. The van der Waals surface area contributed by atoms with Gasteiger partial charge in [-0.3, -0.25) is 9.59 Å². The molecule has 0 spiro atoms. The molecule has 1 aromatic rings. The Balaban J connectivity index is 2.05. The molecule has 0 aromatic carbocycles. The molecule has 1 aliphatic heterocycles. The van der Waals surface area contributed by atoms with Gasteiger partial charge in [0.1, 0.15) is 16.2 Å². The van der Waals surface area contributed by atoms with E-state index in [4.69, 9.17) is 9.84 Å². The lowest BCUT2D eigenvalue weighted by Crippen LogP contribution is -2.56. The van der Waals surface area contributed by atoms with Gasteiger partial charge in [0, 0.05) is 18.3 Å².